The van der Waals surface area contributed by atoms with Crippen LogP contribution < -0.4 is 0 Å². The van der Waals surface area contributed by atoms with E-state index >= 15 is 0 Å². The van der Waals surface area contributed by atoms with Crippen LogP contribution in [0.15, 0.2) is 60.7 Å². The van der Waals surface area contributed by atoms with E-state index in [0.29, 0.717) is 0 Å². The Hall–Kier alpha value is -0.900. The smallest absolute Gasteiger partial charge is 0.0213 e. The highest BCUT2D eigenvalue weighted by Crippen LogP contribution is 2.18. The summed E-state index contributed by atoms with van der Waals surface area (Å²) in [6, 6.07) is 21.3. The van der Waals surface area contributed by atoms with E-state index in [1.165, 1.54) is 24.0 Å². The monoisotopic (exact) mass is 318 g/mol. The Morgan fingerprint density at radius 1 is 0.619 bits per heavy atom. The molecule has 0 aliphatic rings. The fourth-order valence-electron chi connectivity index (χ4n) is 2.06. The van der Waals surface area contributed by atoms with Gasteiger partial charge in [-0.05, 0) is 36.8 Å². The molecule has 0 aliphatic heterocycles. The summed E-state index contributed by atoms with van der Waals surface area (Å²) in [4.78, 5) is 0. The first-order valence-corrected chi connectivity index (χ1v) is 9.26. The summed E-state index contributed by atoms with van der Waals surface area (Å²) < 4.78 is 5.54. The Kier molecular flexibility index (Phi) is 8.45. The molecule has 2 aromatic carbocycles. The molecule has 112 valence electrons. The molecule has 1 nitrogen and oxygen atoms in total. The normalized spacial score (nSPS) is 10.7. The zero-order chi connectivity index (χ0) is 14.6. The molecular formula is C18H22OS2. The number of aryl methyl sites for hydroxylation is 2. The molecule has 0 amide bonds. The van der Waals surface area contributed by atoms with E-state index in [2.05, 4.69) is 60.7 Å². The summed E-state index contributed by atoms with van der Waals surface area (Å²) in [5.41, 5.74) is 2.82. The molecule has 3 heteroatoms. The van der Waals surface area contributed by atoms with Crippen LogP contribution in [-0.2, 0) is 16.5 Å². The predicted octanol–water partition coefficient (Wildman–Crippen LogP) is 5.57. The van der Waals surface area contributed by atoms with Gasteiger partial charge in [-0.3, -0.25) is 0 Å². The summed E-state index contributed by atoms with van der Waals surface area (Å²) in [5.74, 6) is 2.11. The number of rotatable bonds is 10. The van der Waals surface area contributed by atoms with E-state index in [4.69, 9.17) is 3.63 Å². The first-order chi connectivity index (χ1) is 10.4. The van der Waals surface area contributed by atoms with E-state index in [0.717, 1.165) is 24.3 Å². The molecule has 0 fully saturated rings. The van der Waals surface area contributed by atoms with Gasteiger partial charge in [0, 0.05) is 35.6 Å². The molecule has 0 radical (unpaired) electrons. The quantitative estimate of drug-likeness (QED) is 0.419. The van der Waals surface area contributed by atoms with Crippen LogP contribution in [-0.4, -0.2) is 11.5 Å². The highest BCUT2D eigenvalue weighted by molar-refractivity contribution is 8.07. The summed E-state index contributed by atoms with van der Waals surface area (Å²) >= 11 is 3.16. The first kappa shape index (κ1) is 16.5. The lowest BCUT2D eigenvalue weighted by Crippen LogP contribution is -1.89. The molecule has 0 bridgehead atoms. The molecule has 0 saturated heterocycles. The van der Waals surface area contributed by atoms with Gasteiger partial charge in [0.25, 0.3) is 0 Å². The van der Waals surface area contributed by atoms with E-state index in [1.54, 1.807) is 24.1 Å². The fourth-order valence-corrected chi connectivity index (χ4v) is 3.40. The van der Waals surface area contributed by atoms with Crippen LogP contribution in [0.1, 0.15) is 24.0 Å². The molecule has 21 heavy (non-hydrogen) atoms. The Morgan fingerprint density at radius 2 is 1.05 bits per heavy atom. The van der Waals surface area contributed by atoms with Gasteiger partial charge in [-0.1, -0.05) is 60.7 Å². The van der Waals surface area contributed by atoms with Crippen molar-refractivity contribution in [1.29, 1.82) is 0 Å². The number of hydrogen-bond donors (Lipinski definition) is 0. The van der Waals surface area contributed by atoms with Gasteiger partial charge in [-0.15, -0.1) is 0 Å². The van der Waals surface area contributed by atoms with Crippen molar-refractivity contribution in [2.45, 2.75) is 25.7 Å². The van der Waals surface area contributed by atoms with Gasteiger partial charge in [0.05, 0.1) is 0 Å². The summed E-state index contributed by atoms with van der Waals surface area (Å²) in [7, 11) is 0. The minimum Gasteiger partial charge on any atom is -0.247 e. The minimum atomic E-state index is 1.06. The zero-order valence-corrected chi connectivity index (χ0v) is 13.9. The third-order valence-corrected chi connectivity index (χ3v) is 4.85. The van der Waals surface area contributed by atoms with Crippen LogP contribution in [0.4, 0.5) is 0 Å². The lowest BCUT2D eigenvalue weighted by atomic mass is 10.1. The van der Waals surface area contributed by atoms with Crippen molar-refractivity contribution in [3.63, 3.8) is 0 Å². The summed E-state index contributed by atoms with van der Waals surface area (Å²) in [6.07, 6.45) is 4.60. The van der Waals surface area contributed by atoms with Gasteiger partial charge in [-0.25, -0.2) is 3.63 Å². The van der Waals surface area contributed by atoms with E-state index in [9.17, 15) is 0 Å². The lowest BCUT2D eigenvalue weighted by Gasteiger charge is -2.03. The van der Waals surface area contributed by atoms with Crippen LogP contribution in [0.25, 0.3) is 0 Å². The number of benzene rings is 2. The van der Waals surface area contributed by atoms with Crippen molar-refractivity contribution in [1.82, 2.24) is 0 Å². The molecule has 0 heterocycles. The maximum absolute atomic E-state index is 5.54. The molecular weight excluding hydrogens is 296 g/mol. The van der Waals surface area contributed by atoms with Crippen LogP contribution in [0.5, 0.6) is 0 Å². The molecule has 0 N–H and O–H groups in total. The Labute approximate surface area is 136 Å². The van der Waals surface area contributed by atoms with Gasteiger partial charge < -0.3 is 0 Å². The molecule has 2 rings (SSSR count). The van der Waals surface area contributed by atoms with Crippen LogP contribution in [0, 0.1) is 0 Å². The minimum absolute atomic E-state index is 1.06. The molecule has 0 aromatic heterocycles. The molecule has 2 aromatic rings. The van der Waals surface area contributed by atoms with Crippen LogP contribution >= 0.6 is 24.1 Å². The second-order valence-electron chi connectivity index (χ2n) is 4.89. The van der Waals surface area contributed by atoms with Crippen molar-refractivity contribution in [2.75, 3.05) is 11.5 Å². The zero-order valence-electron chi connectivity index (χ0n) is 12.2. The molecule has 0 unspecified atom stereocenters. The van der Waals surface area contributed by atoms with E-state index in [-0.39, 0.29) is 0 Å². The number of hydrogen-bond acceptors (Lipinski definition) is 3. The molecule has 0 saturated carbocycles. The summed E-state index contributed by atoms with van der Waals surface area (Å²) in [6.45, 7) is 0. The summed E-state index contributed by atoms with van der Waals surface area (Å²) in [5, 5.41) is 0. The van der Waals surface area contributed by atoms with Gasteiger partial charge in [-0.2, -0.15) is 0 Å². The molecule has 0 spiro atoms. The van der Waals surface area contributed by atoms with Crippen molar-refractivity contribution < 1.29 is 3.63 Å². The van der Waals surface area contributed by atoms with Crippen molar-refractivity contribution in [3.05, 3.63) is 71.8 Å². The van der Waals surface area contributed by atoms with Crippen molar-refractivity contribution in [2.24, 2.45) is 0 Å². The SMILES string of the molecule is c1ccc(CCCSOSCCCc2ccccc2)cc1. The first-order valence-electron chi connectivity index (χ1n) is 7.44. The topological polar surface area (TPSA) is 9.23 Å². The second-order valence-corrected chi connectivity index (χ2v) is 6.72. The van der Waals surface area contributed by atoms with Crippen molar-refractivity contribution in [3.8, 4) is 0 Å². The van der Waals surface area contributed by atoms with Gasteiger partial charge in [0.1, 0.15) is 0 Å². The largest absolute Gasteiger partial charge is 0.247 e. The Bertz CT molecular complexity index is 428. The Morgan fingerprint density at radius 3 is 1.48 bits per heavy atom. The Balaban J connectivity index is 1.40. The van der Waals surface area contributed by atoms with Crippen LogP contribution in [0.3, 0.4) is 0 Å². The maximum Gasteiger partial charge on any atom is 0.0213 e. The average Bonchev–Trinajstić information content (AvgIpc) is 2.55. The average molecular weight is 319 g/mol. The fraction of sp³-hybridized carbons (Fsp3) is 0.333. The van der Waals surface area contributed by atoms with Gasteiger partial charge in [0.15, 0.2) is 0 Å². The predicted molar refractivity (Wildman–Crippen MR) is 95.5 cm³/mol. The van der Waals surface area contributed by atoms with Gasteiger partial charge >= 0.3 is 0 Å². The second kappa shape index (κ2) is 10.8. The van der Waals surface area contributed by atoms with Gasteiger partial charge in [0.2, 0.25) is 0 Å². The lowest BCUT2D eigenvalue weighted by molar-refractivity contribution is 0.743. The molecule has 0 aliphatic carbocycles. The van der Waals surface area contributed by atoms with E-state index < -0.39 is 0 Å². The standard InChI is InChI=1S/C18H22OS2/c1-3-9-17(10-4-1)13-7-15-20-19-21-16-8-14-18-11-5-2-6-12-18/h1-6,9-12H,7-8,13-16H2. The maximum atomic E-state index is 5.54. The third kappa shape index (κ3) is 7.60. The molecule has 0 atom stereocenters. The third-order valence-electron chi connectivity index (χ3n) is 3.17. The highest BCUT2D eigenvalue weighted by atomic mass is 32.2. The van der Waals surface area contributed by atoms with Crippen LogP contribution in [0.2, 0.25) is 0 Å². The highest BCUT2D eigenvalue weighted by Gasteiger charge is 1.96. The van der Waals surface area contributed by atoms with E-state index in [1.807, 2.05) is 0 Å². The van der Waals surface area contributed by atoms with Crippen molar-refractivity contribution >= 4 is 24.1 Å².